The van der Waals surface area contributed by atoms with Gasteiger partial charge >= 0.3 is 23.9 Å². The molecule has 0 spiro atoms. The van der Waals surface area contributed by atoms with E-state index in [0.717, 1.165) is 0 Å². The van der Waals surface area contributed by atoms with Gasteiger partial charge in [0.2, 0.25) is 0 Å². The van der Waals surface area contributed by atoms with E-state index in [1.54, 1.807) is 0 Å². The highest BCUT2D eigenvalue weighted by atomic mass is 16.6. The molecular weight excluding hydrogens is 336 g/mol. The molecule has 0 radical (unpaired) electrons. The van der Waals surface area contributed by atoms with Crippen molar-refractivity contribution in [3.05, 3.63) is 0 Å². The van der Waals surface area contributed by atoms with Crippen LogP contribution in [0.4, 0.5) is 0 Å². The molecule has 0 saturated heterocycles. The van der Waals surface area contributed by atoms with Gasteiger partial charge in [0.05, 0.1) is 31.8 Å². The fraction of sp³-hybridized carbons (Fsp3) is 0.750. The molecule has 0 fully saturated rings. The Bertz CT molecular complexity index is 472. The first-order chi connectivity index (χ1) is 11.5. The molecule has 4 unspecified atom stereocenters. The van der Waals surface area contributed by atoms with Crippen LogP contribution < -0.4 is 0 Å². The maximum absolute atomic E-state index is 11.7. The summed E-state index contributed by atoms with van der Waals surface area (Å²) in [5, 5.41) is 17.6. The van der Waals surface area contributed by atoms with Crippen molar-refractivity contribution < 1.29 is 43.6 Å². The number of esters is 3. The molecule has 0 aliphatic carbocycles. The van der Waals surface area contributed by atoms with Crippen LogP contribution in [0.1, 0.15) is 53.4 Å². The van der Waals surface area contributed by atoms with Crippen LogP contribution in [0.25, 0.3) is 0 Å². The average Bonchev–Trinajstić information content (AvgIpc) is 2.34. The largest absolute Gasteiger partial charge is 0.481 e. The maximum Gasteiger partial charge on any atom is 0.309 e. The Morgan fingerprint density at radius 1 is 0.680 bits per heavy atom. The number of ether oxygens (including phenoxy) is 3. The highest BCUT2D eigenvalue weighted by molar-refractivity contribution is 5.74. The minimum atomic E-state index is -1.08. The van der Waals surface area contributed by atoms with E-state index in [4.69, 9.17) is 24.4 Å². The minimum absolute atomic E-state index is 0.170. The van der Waals surface area contributed by atoms with Gasteiger partial charge in [-0.25, -0.2) is 0 Å². The van der Waals surface area contributed by atoms with Gasteiger partial charge in [-0.2, -0.15) is 0 Å². The van der Waals surface area contributed by atoms with Crippen LogP contribution >= 0.6 is 0 Å². The van der Waals surface area contributed by atoms with E-state index >= 15 is 0 Å². The fourth-order valence-electron chi connectivity index (χ4n) is 1.90. The van der Waals surface area contributed by atoms with Crippen LogP contribution in [0, 0.1) is 0 Å². The van der Waals surface area contributed by atoms with Gasteiger partial charge in [0.1, 0.15) is 18.3 Å². The molecule has 0 saturated carbocycles. The number of carboxylic acids is 1. The summed E-state index contributed by atoms with van der Waals surface area (Å²) < 4.78 is 14.8. The first-order valence-electron chi connectivity index (χ1n) is 7.97. The lowest BCUT2D eigenvalue weighted by Gasteiger charge is -2.17. The van der Waals surface area contributed by atoms with Crippen LogP contribution in [0.2, 0.25) is 0 Å². The molecule has 0 aromatic rings. The van der Waals surface area contributed by atoms with Gasteiger partial charge in [0, 0.05) is 0 Å². The molecule has 2 N–H and O–H groups in total. The van der Waals surface area contributed by atoms with E-state index in [0.29, 0.717) is 0 Å². The topological polar surface area (TPSA) is 136 Å². The van der Waals surface area contributed by atoms with Crippen molar-refractivity contribution in [3.8, 4) is 0 Å². The van der Waals surface area contributed by atoms with Gasteiger partial charge in [-0.3, -0.25) is 19.2 Å². The van der Waals surface area contributed by atoms with Crippen LogP contribution in [0.5, 0.6) is 0 Å². The van der Waals surface area contributed by atoms with Crippen LogP contribution in [0.15, 0.2) is 0 Å². The zero-order valence-corrected chi connectivity index (χ0v) is 14.9. The molecule has 0 bridgehead atoms. The summed E-state index contributed by atoms with van der Waals surface area (Å²) in [5.74, 6) is -3.04. The number of carboxylic acid groups (broad SMARTS) is 1. The molecule has 0 rings (SSSR count). The SMILES string of the molecule is CC(O)CC(=O)OC(C)CC(=O)OC(C)CC(=O)OC(C)CC(=O)O. The van der Waals surface area contributed by atoms with Crippen LogP contribution in [0.3, 0.4) is 0 Å². The summed E-state index contributed by atoms with van der Waals surface area (Å²) >= 11 is 0. The maximum atomic E-state index is 11.7. The summed E-state index contributed by atoms with van der Waals surface area (Å²) in [5.41, 5.74) is 0. The van der Waals surface area contributed by atoms with E-state index in [1.807, 2.05) is 0 Å². The highest BCUT2D eigenvalue weighted by Gasteiger charge is 2.21. The van der Waals surface area contributed by atoms with Crippen molar-refractivity contribution in [3.63, 3.8) is 0 Å². The Morgan fingerprint density at radius 3 is 1.32 bits per heavy atom. The summed E-state index contributed by atoms with van der Waals surface area (Å²) in [6.45, 7) is 5.89. The summed E-state index contributed by atoms with van der Waals surface area (Å²) in [6.07, 6.45) is -3.99. The number of carbonyl (C=O) groups excluding carboxylic acids is 3. The predicted molar refractivity (Wildman–Crippen MR) is 84.4 cm³/mol. The van der Waals surface area contributed by atoms with Crippen molar-refractivity contribution in [2.24, 2.45) is 0 Å². The molecule has 144 valence electrons. The van der Waals surface area contributed by atoms with E-state index in [9.17, 15) is 19.2 Å². The molecule has 0 heterocycles. The molecule has 25 heavy (non-hydrogen) atoms. The molecule has 0 aromatic heterocycles. The zero-order chi connectivity index (χ0) is 19.6. The number of aliphatic hydroxyl groups excluding tert-OH is 1. The summed E-state index contributed by atoms with van der Waals surface area (Å²) in [6, 6.07) is 0. The Morgan fingerprint density at radius 2 is 1.00 bits per heavy atom. The second kappa shape index (κ2) is 11.4. The molecular formula is C16H26O9. The molecule has 4 atom stereocenters. The molecule has 0 amide bonds. The van der Waals surface area contributed by atoms with Gasteiger partial charge in [-0.05, 0) is 27.7 Å². The Hall–Kier alpha value is -2.16. The number of aliphatic carboxylic acids is 1. The van der Waals surface area contributed by atoms with Crippen LogP contribution in [-0.4, -0.2) is 58.5 Å². The van der Waals surface area contributed by atoms with Crippen molar-refractivity contribution in [1.29, 1.82) is 0 Å². The second-order valence-corrected chi connectivity index (χ2v) is 5.96. The standard InChI is InChI=1S/C16H26O9/c1-9(17)5-14(20)24-11(3)7-16(22)25-12(4)8-15(21)23-10(2)6-13(18)19/h9-12,17H,5-8H2,1-4H3,(H,18,19). The Balaban J connectivity index is 4.14. The average molecular weight is 362 g/mol. The molecule has 0 aromatic carbocycles. The van der Waals surface area contributed by atoms with Gasteiger partial charge in [-0.15, -0.1) is 0 Å². The molecule has 0 aliphatic heterocycles. The highest BCUT2D eigenvalue weighted by Crippen LogP contribution is 2.08. The molecule has 9 nitrogen and oxygen atoms in total. The number of aliphatic hydroxyl groups is 1. The van der Waals surface area contributed by atoms with E-state index < -0.39 is 48.3 Å². The van der Waals surface area contributed by atoms with Crippen molar-refractivity contribution in [1.82, 2.24) is 0 Å². The zero-order valence-electron chi connectivity index (χ0n) is 14.9. The predicted octanol–water partition coefficient (Wildman–Crippen LogP) is 0.807. The van der Waals surface area contributed by atoms with Crippen molar-refractivity contribution in [2.75, 3.05) is 0 Å². The van der Waals surface area contributed by atoms with Gasteiger partial charge in [0.15, 0.2) is 0 Å². The van der Waals surface area contributed by atoms with E-state index in [2.05, 4.69) is 0 Å². The number of rotatable bonds is 11. The summed E-state index contributed by atoms with van der Waals surface area (Å²) in [4.78, 5) is 45.2. The molecule has 9 heteroatoms. The number of hydrogen-bond acceptors (Lipinski definition) is 8. The van der Waals surface area contributed by atoms with E-state index in [1.165, 1.54) is 27.7 Å². The molecule has 0 aliphatic rings. The van der Waals surface area contributed by atoms with Gasteiger partial charge in [0.25, 0.3) is 0 Å². The minimum Gasteiger partial charge on any atom is -0.481 e. The Labute approximate surface area is 146 Å². The monoisotopic (exact) mass is 362 g/mol. The van der Waals surface area contributed by atoms with E-state index in [-0.39, 0.29) is 25.7 Å². The lowest BCUT2D eigenvalue weighted by Crippen LogP contribution is -2.26. The quantitative estimate of drug-likeness (QED) is 0.404. The smallest absolute Gasteiger partial charge is 0.309 e. The summed E-state index contributed by atoms with van der Waals surface area (Å²) in [7, 11) is 0. The first-order valence-corrected chi connectivity index (χ1v) is 7.97. The third-order valence-electron chi connectivity index (χ3n) is 2.83. The third-order valence-corrected chi connectivity index (χ3v) is 2.83. The van der Waals surface area contributed by atoms with Gasteiger partial charge in [-0.1, -0.05) is 0 Å². The third kappa shape index (κ3) is 12.9. The van der Waals surface area contributed by atoms with Gasteiger partial charge < -0.3 is 24.4 Å². The lowest BCUT2D eigenvalue weighted by atomic mass is 10.2. The fourth-order valence-corrected chi connectivity index (χ4v) is 1.90. The second-order valence-electron chi connectivity index (χ2n) is 5.96. The van der Waals surface area contributed by atoms with Crippen molar-refractivity contribution in [2.45, 2.75) is 77.8 Å². The Kier molecular flexibility index (Phi) is 10.4. The first kappa shape index (κ1) is 22.8. The van der Waals surface area contributed by atoms with Crippen molar-refractivity contribution >= 4 is 23.9 Å². The van der Waals surface area contributed by atoms with Crippen LogP contribution in [-0.2, 0) is 33.4 Å². The number of hydrogen-bond donors (Lipinski definition) is 2. The number of carbonyl (C=O) groups is 4. The normalized spacial score (nSPS) is 15.4. The lowest BCUT2D eigenvalue weighted by molar-refractivity contribution is -0.160.